The molecule has 2 aromatic carbocycles. The molecule has 0 spiro atoms. The lowest BCUT2D eigenvalue weighted by atomic mass is 9.87. The lowest BCUT2D eigenvalue weighted by molar-refractivity contribution is -0.113. The minimum Gasteiger partial charge on any atom is -0.494 e. The van der Waals surface area contributed by atoms with Gasteiger partial charge in [-0.15, -0.1) is 0 Å². The molecule has 1 fully saturated rings. The number of rotatable bonds is 4. The Morgan fingerprint density at radius 2 is 1.70 bits per heavy atom. The van der Waals surface area contributed by atoms with E-state index < -0.39 is 0 Å². The minimum atomic E-state index is -0.163. The Morgan fingerprint density at radius 3 is 2.26 bits per heavy atom. The van der Waals surface area contributed by atoms with Crippen LogP contribution in [-0.2, 0) is 10.2 Å². The standard InChI is InChI=1S/C22H24N2O2S/c1-5-26-18-12-10-17(11-13-18)24-20(25)19(23-21(24)27)14-15-6-8-16(9-7-15)22(2,3)4/h6-14H,5H2,1-4H3,(H,23,27)/b19-14+. The van der Waals surface area contributed by atoms with Gasteiger partial charge in [0.1, 0.15) is 11.4 Å². The number of ether oxygens (including phenoxy) is 1. The maximum absolute atomic E-state index is 12.8. The van der Waals surface area contributed by atoms with E-state index in [9.17, 15) is 4.79 Å². The molecule has 1 heterocycles. The molecule has 0 atom stereocenters. The zero-order chi connectivity index (χ0) is 19.6. The second-order valence-corrected chi connectivity index (χ2v) is 7.81. The van der Waals surface area contributed by atoms with Gasteiger partial charge in [0.15, 0.2) is 5.11 Å². The number of thiocarbonyl (C=S) groups is 1. The Morgan fingerprint density at radius 1 is 1.07 bits per heavy atom. The van der Waals surface area contributed by atoms with Crippen molar-refractivity contribution in [2.45, 2.75) is 33.1 Å². The van der Waals surface area contributed by atoms with Crippen LogP contribution in [0.4, 0.5) is 5.69 Å². The molecule has 0 bridgehead atoms. The first kappa shape index (κ1) is 19.1. The fourth-order valence-electron chi connectivity index (χ4n) is 2.87. The van der Waals surface area contributed by atoms with Gasteiger partial charge in [-0.25, -0.2) is 0 Å². The summed E-state index contributed by atoms with van der Waals surface area (Å²) >= 11 is 5.37. The van der Waals surface area contributed by atoms with Gasteiger partial charge in [-0.2, -0.15) is 0 Å². The number of nitrogens with zero attached hydrogens (tertiary/aromatic N) is 1. The zero-order valence-electron chi connectivity index (χ0n) is 16.1. The summed E-state index contributed by atoms with van der Waals surface area (Å²) in [5, 5.41) is 3.40. The van der Waals surface area contributed by atoms with Crippen LogP contribution < -0.4 is 15.0 Å². The Kier molecular flexibility index (Phi) is 5.33. The first-order valence-electron chi connectivity index (χ1n) is 9.00. The summed E-state index contributed by atoms with van der Waals surface area (Å²) in [5.74, 6) is 0.602. The third kappa shape index (κ3) is 4.19. The van der Waals surface area contributed by atoms with Gasteiger partial charge < -0.3 is 10.1 Å². The van der Waals surface area contributed by atoms with Crippen LogP contribution >= 0.6 is 12.2 Å². The molecule has 4 nitrogen and oxygen atoms in total. The average Bonchev–Trinajstić information content (AvgIpc) is 2.89. The van der Waals surface area contributed by atoms with E-state index in [2.05, 4.69) is 38.2 Å². The highest BCUT2D eigenvalue weighted by molar-refractivity contribution is 7.80. The highest BCUT2D eigenvalue weighted by Crippen LogP contribution is 2.26. The van der Waals surface area contributed by atoms with Crippen molar-refractivity contribution in [3.63, 3.8) is 0 Å². The number of benzene rings is 2. The molecule has 1 amide bonds. The molecule has 1 saturated heterocycles. The molecule has 1 aliphatic heterocycles. The molecule has 3 rings (SSSR count). The number of carbonyl (C=O) groups is 1. The number of nitrogens with one attached hydrogen (secondary N) is 1. The van der Waals surface area contributed by atoms with Crippen LogP contribution in [0.2, 0.25) is 0 Å². The van der Waals surface area contributed by atoms with Crippen LogP contribution in [0.15, 0.2) is 54.2 Å². The van der Waals surface area contributed by atoms with Crippen LogP contribution in [-0.4, -0.2) is 17.6 Å². The molecule has 1 aliphatic rings. The van der Waals surface area contributed by atoms with Gasteiger partial charge in [0, 0.05) is 0 Å². The molecule has 1 N–H and O–H groups in total. The number of hydrogen-bond acceptors (Lipinski definition) is 3. The van der Waals surface area contributed by atoms with Gasteiger partial charge in [0.25, 0.3) is 5.91 Å². The third-order valence-corrected chi connectivity index (χ3v) is 4.66. The van der Waals surface area contributed by atoms with Crippen molar-refractivity contribution >= 4 is 35.0 Å². The number of hydrogen-bond donors (Lipinski definition) is 1. The zero-order valence-corrected chi connectivity index (χ0v) is 16.9. The van der Waals surface area contributed by atoms with Gasteiger partial charge in [-0.3, -0.25) is 9.69 Å². The summed E-state index contributed by atoms with van der Waals surface area (Å²) in [6, 6.07) is 15.6. The van der Waals surface area contributed by atoms with E-state index in [1.54, 1.807) is 0 Å². The second-order valence-electron chi connectivity index (χ2n) is 7.43. The average molecular weight is 381 g/mol. The van der Waals surface area contributed by atoms with Gasteiger partial charge >= 0.3 is 0 Å². The fourth-order valence-corrected chi connectivity index (χ4v) is 3.17. The molecule has 140 valence electrons. The molecule has 0 aliphatic carbocycles. The van der Waals surface area contributed by atoms with Crippen LogP contribution in [0.3, 0.4) is 0 Å². The van der Waals surface area contributed by atoms with Crippen LogP contribution in [0.5, 0.6) is 5.75 Å². The molecule has 5 heteroatoms. The van der Waals surface area contributed by atoms with Gasteiger partial charge in [0.05, 0.1) is 12.3 Å². The highest BCUT2D eigenvalue weighted by atomic mass is 32.1. The molecular weight excluding hydrogens is 356 g/mol. The van der Waals surface area contributed by atoms with Gasteiger partial charge in [0.2, 0.25) is 0 Å². The maximum Gasteiger partial charge on any atom is 0.281 e. The molecule has 0 aromatic heterocycles. The smallest absolute Gasteiger partial charge is 0.281 e. The van der Waals surface area contributed by atoms with Crippen molar-refractivity contribution in [1.29, 1.82) is 0 Å². The van der Waals surface area contributed by atoms with E-state index >= 15 is 0 Å². The number of amides is 1. The topological polar surface area (TPSA) is 41.6 Å². The van der Waals surface area contributed by atoms with Crippen molar-refractivity contribution in [1.82, 2.24) is 5.32 Å². The number of anilines is 1. The van der Waals surface area contributed by atoms with Crippen molar-refractivity contribution < 1.29 is 9.53 Å². The van der Waals surface area contributed by atoms with Crippen molar-refractivity contribution in [2.75, 3.05) is 11.5 Å². The van der Waals surface area contributed by atoms with Crippen molar-refractivity contribution in [2.24, 2.45) is 0 Å². The summed E-state index contributed by atoms with van der Waals surface area (Å²) in [6.45, 7) is 9.06. The largest absolute Gasteiger partial charge is 0.494 e. The van der Waals surface area contributed by atoms with Crippen LogP contribution in [0.25, 0.3) is 6.08 Å². The normalized spacial score (nSPS) is 16.0. The Hall–Kier alpha value is -2.66. The van der Waals surface area contributed by atoms with Gasteiger partial charge in [-0.1, -0.05) is 45.0 Å². The molecule has 2 aromatic rings. The number of carbonyl (C=O) groups excluding carboxylic acids is 1. The predicted molar refractivity (Wildman–Crippen MR) is 114 cm³/mol. The van der Waals surface area contributed by atoms with E-state index in [4.69, 9.17) is 17.0 Å². The lowest BCUT2D eigenvalue weighted by Crippen LogP contribution is -2.30. The first-order valence-corrected chi connectivity index (χ1v) is 9.41. The highest BCUT2D eigenvalue weighted by Gasteiger charge is 2.31. The minimum absolute atomic E-state index is 0.0963. The Labute approximate surface area is 165 Å². The molecular formula is C22H24N2O2S. The second kappa shape index (κ2) is 7.53. The van der Waals surface area contributed by atoms with Crippen molar-refractivity contribution in [3.05, 3.63) is 65.4 Å². The quantitative estimate of drug-likeness (QED) is 0.619. The van der Waals surface area contributed by atoms with E-state index in [1.165, 1.54) is 10.5 Å². The maximum atomic E-state index is 12.8. The third-order valence-electron chi connectivity index (χ3n) is 4.37. The molecule has 0 radical (unpaired) electrons. The van der Waals surface area contributed by atoms with E-state index in [1.807, 2.05) is 49.4 Å². The van der Waals surface area contributed by atoms with Gasteiger partial charge in [-0.05, 0) is 66.0 Å². The SMILES string of the molecule is CCOc1ccc(N2C(=O)/C(=C\c3ccc(C(C)(C)C)cc3)NC2=S)cc1. The molecule has 0 unspecified atom stereocenters. The van der Waals surface area contributed by atoms with E-state index in [0.29, 0.717) is 23.1 Å². The summed E-state index contributed by atoms with van der Waals surface area (Å²) in [6.07, 6.45) is 1.83. The molecule has 27 heavy (non-hydrogen) atoms. The van der Waals surface area contributed by atoms with Crippen molar-refractivity contribution in [3.8, 4) is 5.75 Å². The van der Waals surface area contributed by atoms with E-state index in [-0.39, 0.29) is 11.3 Å². The first-order chi connectivity index (χ1) is 12.8. The lowest BCUT2D eigenvalue weighted by Gasteiger charge is -2.18. The summed E-state index contributed by atoms with van der Waals surface area (Å²) in [5.41, 5.74) is 3.49. The predicted octanol–water partition coefficient (Wildman–Crippen LogP) is 4.65. The van der Waals surface area contributed by atoms with Crippen LogP contribution in [0.1, 0.15) is 38.8 Å². The Bertz CT molecular complexity index is 878. The summed E-state index contributed by atoms with van der Waals surface area (Å²) < 4.78 is 5.45. The summed E-state index contributed by atoms with van der Waals surface area (Å²) in [7, 11) is 0. The fraction of sp³-hybridized carbons (Fsp3) is 0.273. The van der Waals surface area contributed by atoms with E-state index in [0.717, 1.165) is 11.3 Å². The van der Waals surface area contributed by atoms with Crippen LogP contribution in [0, 0.1) is 0 Å². The monoisotopic (exact) mass is 380 g/mol. The Balaban J connectivity index is 1.82. The summed E-state index contributed by atoms with van der Waals surface area (Å²) in [4.78, 5) is 14.3. The molecule has 0 saturated carbocycles.